The topological polar surface area (TPSA) is 86.5 Å². The van der Waals surface area contributed by atoms with Gasteiger partial charge in [-0.05, 0) is 69.0 Å². The van der Waals surface area contributed by atoms with Crippen LogP contribution in [-0.4, -0.2) is 28.8 Å². The summed E-state index contributed by atoms with van der Waals surface area (Å²) in [7, 11) is 0. The van der Waals surface area contributed by atoms with Gasteiger partial charge in [0.15, 0.2) is 0 Å². The van der Waals surface area contributed by atoms with Gasteiger partial charge in [-0.25, -0.2) is 0 Å². The lowest BCUT2D eigenvalue weighted by atomic mass is 10.2. The number of carbonyl (C=O) groups excluding carboxylic acids is 1. The predicted molar refractivity (Wildman–Crippen MR) is 117 cm³/mol. The zero-order chi connectivity index (χ0) is 21.5. The molecule has 7 heteroatoms. The van der Waals surface area contributed by atoms with Gasteiger partial charge in [-0.15, -0.1) is 0 Å². The van der Waals surface area contributed by atoms with Gasteiger partial charge < -0.3 is 19.3 Å². The van der Waals surface area contributed by atoms with E-state index in [2.05, 4.69) is 15.5 Å². The number of benzene rings is 2. The number of para-hydroxylation sites is 2. The molecule has 31 heavy (non-hydrogen) atoms. The molecule has 7 nitrogen and oxygen atoms in total. The Kier molecular flexibility index (Phi) is 6.82. The molecular formula is C24H27N3O4. The Balaban J connectivity index is 1.31. The highest BCUT2D eigenvalue weighted by atomic mass is 16.5. The molecule has 2 aromatic carbocycles. The molecule has 0 atom stereocenters. The molecule has 1 aromatic heterocycles. The normalized spacial score (nSPS) is 13.8. The first-order valence-electron chi connectivity index (χ1n) is 10.8. The van der Waals surface area contributed by atoms with Crippen molar-refractivity contribution in [3.8, 4) is 22.9 Å². The fourth-order valence-corrected chi connectivity index (χ4v) is 3.63. The largest absolute Gasteiger partial charge is 0.494 e. The number of nitrogens with one attached hydrogen (secondary N) is 1. The Labute approximate surface area is 181 Å². The van der Waals surface area contributed by atoms with E-state index in [1.165, 1.54) is 12.8 Å². The highest BCUT2D eigenvalue weighted by Crippen LogP contribution is 2.30. The highest BCUT2D eigenvalue weighted by molar-refractivity contribution is 5.92. The van der Waals surface area contributed by atoms with E-state index in [1.54, 1.807) is 0 Å². The van der Waals surface area contributed by atoms with Crippen LogP contribution in [0.1, 0.15) is 44.9 Å². The SMILES string of the molecule is CCOc1ccc(-c2noc(CCC(=O)Nc3ccccc3OC3CCCC3)n2)cc1. The maximum absolute atomic E-state index is 12.5. The minimum Gasteiger partial charge on any atom is -0.494 e. The van der Waals surface area contributed by atoms with Crippen LogP contribution in [0.3, 0.4) is 0 Å². The molecule has 1 amide bonds. The van der Waals surface area contributed by atoms with E-state index >= 15 is 0 Å². The van der Waals surface area contributed by atoms with Gasteiger partial charge >= 0.3 is 0 Å². The molecule has 4 rings (SSSR count). The van der Waals surface area contributed by atoms with Crippen LogP contribution in [0.5, 0.6) is 11.5 Å². The Morgan fingerprint density at radius 3 is 2.68 bits per heavy atom. The van der Waals surface area contributed by atoms with E-state index in [9.17, 15) is 4.79 Å². The quantitative estimate of drug-likeness (QED) is 0.522. The van der Waals surface area contributed by atoms with Crippen molar-refractivity contribution in [1.29, 1.82) is 0 Å². The summed E-state index contributed by atoms with van der Waals surface area (Å²) in [5, 5.41) is 6.96. The van der Waals surface area contributed by atoms with Crippen molar-refractivity contribution in [3.05, 3.63) is 54.4 Å². The molecule has 1 heterocycles. The molecule has 0 unspecified atom stereocenters. The third kappa shape index (κ3) is 5.63. The molecule has 1 N–H and O–H groups in total. The summed E-state index contributed by atoms with van der Waals surface area (Å²) in [5.74, 6) is 2.31. The van der Waals surface area contributed by atoms with Gasteiger partial charge in [0, 0.05) is 18.4 Å². The van der Waals surface area contributed by atoms with Crippen LogP contribution >= 0.6 is 0 Å². The second kappa shape index (κ2) is 10.1. The summed E-state index contributed by atoms with van der Waals surface area (Å²) in [4.78, 5) is 16.9. The molecule has 1 aliphatic carbocycles. The molecule has 162 valence electrons. The first-order chi connectivity index (χ1) is 15.2. The number of ether oxygens (including phenoxy) is 2. The van der Waals surface area contributed by atoms with Crippen molar-refractivity contribution in [2.24, 2.45) is 0 Å². The second-order valence-corrected chi connectivity index (χ2v) is 7.54. The van der Waals surface area contributed by atoms with Crippen LogP contribution in [-0.2, 0) is 11.2 Å². The average molecular weight is 421 g/mol. The van der Waals surface area contributed by atoms with Gasteiger partial charge in [0.25, 0.3) is 0 Å². The van der Waals surface area contributed by atoms with Gasteiger partial charge in [0.2, 0.25) is 17.6 Å². The summed E-state index contributed by atoms with van der Waals surface area (Å²) < 4.78 is 16.8. The Morgan fingerprint density at radius 1 is 1.13 bits per heavy atom. The Morgan fingerprint density at radius 2 is 1.90 bits per heavy atom. The fourth-order valence-electron chi connectivity index (χ4n) is 3.63. The van der Waals surface area contributed by atoms with Crippen molar-refractivity contribution >= 4 is 11.6 Å². The number of aromatic nitrogens is 2. The van der Waals surface area contributed by atoms with E-state index in [0.29, 0.717) is 30.4 Å². The van der Waals surface area contributed by atoms with Crippen LogP contribution in [0.2, 0.25) is 0 Å². The molecular weight excluding hydrogens is 394 g/mol. The van der Waals surface area contributed by atoms with Crippen molar-refractivity contribution < 1.29 is 18.8 Å². The first kappa shape index (κ1) is 20.9. The van der Waals surface area contributed by atoms with Crippen molar-refractivity contribution in [1.82, 2.24) is 10.1 Å². The van der Waals surface area contributed by atoms with Gasteiger partial charge in [-0.1, -0.05) is 17.3 Å². The molecule has 3 aromatic rings. The molecule has 0 radical (unpaired) electrons. The van der Waals surface area contributed by atoms with E-state index in [0.717, 1.165) is 29.9 Å². The minimum atomic E-state index is -0.122. The first-order valence-corrected chi connectivity index (χ1v) is 10.8. The monoisotopic (exact) mass is 421 g/mol. The second-order valence-electron chi connectivity index (χ2n) is 7.54. The summed E-state index contributed by atoms with van der Waals surface area (Å²) in [6, 6.07) is 15.1. The van der Waals surface area contributed by atoms with Gasteiger partial charge in [-0.2, -0.15) is 4.98 Å². The molecule has 0 aliphatic heterocycles. The fraction of sp³-hybridized carbons (Fsp3) is 0.375. The summed E-state index contributed by atoms with van der Waals surface area (Å²) in [6.07, 6.45) is 5.36. The minimum absolute atomic E-state index is 0.122. The molecule has 0 spiro atoms. The third-order valence-electron chi connectivity index (χ3n) is 5.21. The highest BCUT2D eigenvalue weighted by Gasteiger charge is 2.18. The number of rotatable bonds is 9. The van der Waals surface area contributed by atoms with Crippen LogP contribution in [0.4, 0.5) is 5.69 Å². The Hall–Kier alpha value is -3.35. The Bertz CT molecular complexity index is 994. The lowest BCUT2D eigenvalue weighted by molar-refractivity contribution is -0.116. The number of aryl methyl sites for hydroxylation is 1. The zero-order valence-electron chi connectivity index (χ0n) is 17.7. The van der Waals surface area contributed by atoms with Crippen LogP contribution in [0.15, 0.2) is 53.1 Å². The molecule has 1 saturated carbocycles. The number of anilines is 1. The van der Waals surface area contributed by atoms with Crippen molar-refractivity contribution in [2.45, 2.75) is 51.6 Å². The number of hydrogen-bond acceptors (Lipinski definition) is 6. The number of amides is 1. The molecule has 1 fully saturated rings. The number of hydrogen-bond donors (Lipinski definition) is 1. The third-order valence-corrected chi connectivity index (χ3v) is 5.21. The van der Waals surface area contributed by atoms with E-state index < -0.39 is 0 Å². The molecule has 0 bridgehead atoms. The maximum Gasteiger partial charge on any atom is 0.227 e. The van der Waals surface area contributed by atoms with Crippen LogP contribution in [0.25, 0.3) is 11.4 Å². The van der Waals surface area contributed by atoms with E-state index in [1.807, 2.05) is 55.5 Å². The molecule has 1 aliphatic rings. The van der Waals surface area contributed by atoms with Crippen molar-refractivity contribution in [3.63, 3.8) is 0 Å². The number of carbonyl (C=O) groups is 1. The lowest BCUT2D eigenvalue weighted by Crippen LogP contribution is -2.16. The standard InChI is InChI=1S/C24H27N3O4/c1-2-29-18-13-11-17(12-14-18)24-26-23(31-27-24)16-15-22(28)25-20-9-5-6-10-21(20)30-19-7-3-4-8-19/h5-6,9-14,19H,2-4,7-8,15-16H2,1H3,(H,25,28). The zero-order valence-corrected chi connectivity index (χ0v) is 17.7. The van der Waals surface area contributed by atoms with E-state index in [-0.39, 0.29) is 18.4 Å². The predicted octanol–water partition coefficient (Wildman–Crippen LogP) is 5.03. The van der Waals surface area contributed by atoms with Crippen molar-refractivity contribution in [2.75, 3.05) is 11.9 Å². The smallest absolute Gasteiger partial charge is 0.227 e. The lowest BCUT2D eigenvalue weighted by Gasteiger charge is -2.16. The van der Waals surface area contributed by atoms with Crippen LogP contribution in [0, 0.1) is 0 Å². The summed E-state index contributed by atoms with van der Waals surface area (Å²) in [6.45, 7) is 2.56. The van der Waals surface area contributed by atoms with Gasteiger partial charge in [0.1, 0.15) is 11.5 Å². The summed E-state index contributed by atoms with van der Waals surface area (Å²) in [5.41, 5.74) is 1.53. The van der Waals surface area contributed by atoms with Gasteiger partial charge in [-0.3, -0.25) is 4.79 Å². The van der Waals surface area contributed by atoms with Gasteiger partial charge in [0.05, 0.1) is 18.4 Å². The van der Waals surface area contributed by atoms with E-state index in [4.69, 9.17) is 14.0 Å². The van der Waals surface area contributed by atoms with Crippen LogP contribution < -0.4 is 14.8 Å². The maximum atomic E-state index is 12.5. The average Bonchev–Trinajstić information content (AvgIpc) is 3.47. The molecule has 0 saturated heterocycles. The number of nitrogens with zero attached hydrogens (tertiary/aromatic N) is 2. The summed E-state index contributed by atoms with van der Waals surface area (Å²) >= 11 is 0.